The summed E-state index contributed by atoms with van der Waals surface area (Å²) in [6.45, 7) is 3.89. The van der Waals surface area contributed by atoms with Crippen LogP contribution in [-0.4, -0.2) is 31.6 Å². The lowest BCUT2D eigenvalue weighted by Crippen LogP contribution is -2.35. The van der Waals surface area contributed by atoms with Crippen molar-refractivity contribution in [2.24, 2.45) is 0 Å². The molecule has 0 saturated carbocycles. The maximum absolute atomic E-state index is 12.4. The van der Waals surface area contributed by atoms with Crippen LogP contribution in [-0.2, 0) is 4.79 Å². The number of hydrogen-bond donors (Lipinski definition) is 1. The van der Waals surface area contributed by atoms with Gasteiger partial charge in [0.25, 0.3) is 11.8 Å². The number of nitrogens with one attached hydrogen (secondary N) is 1. The number of ether oxygens (including phenoxy) is 2. The molecular formula is C19H20N2O4. The first-order chi connectivity index (χ1) is 11.9. The Balaban J connectivity index is 1.72. The van der Waals surface area contributed by atoms with E-state index in [1.807, 2.05) is 13.8 Å². The number of amides is 2. The normalized spacial score (nSPS) is 13.3. The quantitative estimate of drug-likeness (QED) is 0.929. The van der Waals surface area contributed by atoms with E-state index in [4.69, 9.17) is 9.47 Å². The van der Waals surface area contributed by atoms with E-state index >= 15 is 0 Å². The van der Waals surface area contributed by atoms with Crippen LogP contribution in [0.25, 0.3) is 0 Å². The number of nitrogens with zero attached hydrogens (tertiary/aromatic N) is 1. The maximum atomic E-state index is 12.4. The van der Waals surface area contributed by atoms with Crippen LogP contribution in [0.1, 0.15) is 24.2 Å². The van der Waals surface area contributed by atoms with Crippen molar-refractivity contribution in [1.29, 1.82) is 0 Å². The molecule has 1 N–H and O–H groups in total. The van der Waals surface area contributed by atoms with Crippen molar-refractivity contribution in [1.82, 2.24) is 0 Å². The molecule has 0 bridgehead atoms. The lowest BCUT2D eigenvalue weighted by molar-refractivity contribution is -0.120. The van der Waals surface area contributed by atoms with E-state index < -0.39 is 0 Å². The van der Waals surface area contributed by atoms with Crippen LogP contribution >= 0.6 is 0 Å². The summed E-state index contributed by atoms with van der Waals surface area (Å²) in [5, 5.41) is 2.83. The molecule has 130 valence electrons. The van der Waals surface area contributed by atoms with Gasteiger partial charge < -0.3 is 19.7 Å². The Morgan fingerprint density at radius 2 is 1.92 bits per heavy atom. The van der Waals surface area contributed by atoms with Crippen molar-refractivity contribution in [2.75, 3.05) is 23.9 Å². The van der Waals surface area contributed by atoms with Gasteiger partial charge in [-0.2, -0.15) is 0 Å². The first-order valence-corrected chi connectivity index (χ1v) is 8.05. The molecule has 0 saturated heterocycles. The van der Waals surface area contributed by atoms with E-state index in [0.29, 0.717) is 22.7 Å². The zero-order valence-electron chi connectivity index (χ0n) is 14.4. The highest BCUT2D eigenvalue weighted by atomic mass is 16.5. The highest BCUT2D eigenvalue weighted by molar-refractivity contribution is 6.05. The molecule has 0 aromatic heterocycles. The molecule has 0 aliphatic carbocycles. The molecule has 0 radical (unpaired) electrons. The second-order valence-corrected chi connectivity index (χ2v) is 6.07. The second kappa shape index (κ2) is 6.84. The Kier molecular flexibility index (Phi) is 4.61. The number of benzene rings is 2. The van der Waals surface area contributed by atoms with Gasteiger partial charge in [-0.15, -0.1) is 0 Å². The summed E-state index contributed by atoms with van der Waals surface area (Å²) < 4.78 is 11.0. The average molecular weight is 340 g/mol. The number of likely N-dealkylation sites (N-methyl/N-ethyl adjacent to an activating group) is 1. The third-order valence-electron chi connectivity index (χ3n) is 3.79. The van der Waals surface area contributed by atoms with Gasteiger partial charge in [0, 0.05) is 24.4 Å². The fourth-order valence-corrected chi connectivity index (χ4v) is 2.52. The topological polar surface area (TPSA) is 67.9 Å². The van der Waals surface area contributed by atoms with Crippen molar-refractivity contribution >= 4 is 23.2 Å². The zero-order chi connectivity index (χ0) is 18.0. The van der Waals surface area contributed by atoms with Crippen LogP contribution in [0.2, 0.25) is 0 Å². The number of anilines is 2. The van der Waals surface area contributed by atoms with Crippen LogP contribution in [0.15, 0.2) is 42.5 Å². The SMILES string of the molecule is CC(C)Oc1ccc(C(=O)Nc2ccc3c(c2)OCC(=O)N3C)cc1. The fourth-order valence-electron chi connectivity index (χ4n) is 2.52. The summed E-state index contributed by atoms with van der Waals surface area (Å²) in [6, 6.07) is 12.2. The number of hydrogen-bond acceptors (Lipinski definition) is 4. The monoisotopic (exact) mass is 340 g/mol. The van der Waals surface area contributed by atoms with E-state index in [9.17, 15) is 9.59 Å². The summed E-state index contributed by atoms with van der Waals surface area (Å²) in [6.07, 6.45) is 0.0835. The van der Waals surface area contributed by atoms with Crippen molar-refractivity contribution in [2.45, 2.75) is 20.0 Å². The Hall–Kier alpha value is -3.02. The van der Waals surface area contributed by atoms with Gasteiger partial charge in [0.15, 0.2) is 6.61 Å². The highest BCUT2D eigenvalue weighted by Crippen LogP contribution is 2.33. The molecule has 1 heterocycles. The molecule has 0 spiro atoms. The molecular weight excluding hydrogens is 320 g/mol. The van der Waals surface area contributed by atoms with Crippen LogP contribution < -0.4 is 19.7 Å². The lowest BCUT2D eigenvalue weighted by Gasteiger charge is -2.26. The Bertz CT molecular complexity index is 800. The Morgan fingerprint density at radius 1 is 1.20 bits per heavy atom. The Labute approximate surface area is 146 Å². The van der Waals surface area contributed by atoms with E-state index in [1.165, 1.54) is 4.90 Å². The summed E-state index contributed by atoms with van der Waals surface area (Å²) in [5.74, 6) is 0.964. The lowest BCUT2D eigenvalue weighted by atomic mass is 10.2. The van der Waals surface area contributed by atoms with Crippen molar-refractivity contribution < 1.29 is 19.1 Å². The van der Waals surface area contributed by atoms with Gasteiger partial charge in [-0.3, -0.25) is 9.59 Å². The second-order valence-electron chi connectivity index (χ2n) is 6.07. The van der Waals surface area contributed by atoms with Crippen molar-refractivity contribution in [3.8, 4) is 11.5 Å². The highest BCUT2D eigenvalue weighted by Gasteiger charge is 2.22. The molecule has 0 unspecified atom stereocenters. The first-order valence-electron chi connectivity index (χ1n) is 8.05. The summed E-state index contributed by atoms with van der Waals surface area (Å²) in [7, 11) is 1.70. The molecule has 2 aromatic carbocycles. The minimum absolute atomic E-state index is 0.00177. The van der Waals surface area contributed by atoms with Crippen LogP contribution in [0.4, 0.5) is 11.4 Å². The van der Waals surface area contributed by atoms with Crippen LogP contribution in [0, 0.1) is 0 Å². The smallest absolute Gasteiger partial charge is 0.264 e. The standard InChI is InChI=1S/C19H20N2O4/c1-12(2)25-15-7-4-13(5-8-15)19(23)20-14-6-9-16-17(10-14)24-11-18(22)21(16)3/h4-10,12H,11H2,1-3H3,(H,20,23). The number of carbonyl (C=O) groups excluding carboxylic acids is 2. The van der Waals surface area contributed by atoms with Gasteiger partial charge in [-0.25, -0.2) is 0 Å². The van der Waals surface area contributed by atoms with E-state index in [-0.39, 0.29) is 24.5 Å². The third-order valence-corrected chi connectivity index (χ3v) is 3.79. The van der Waals surface area contributed by atoms with Crippen molar-refractivity contribution in [3.63, 3.8) is 0 Å². The molecule has 2 amide bonds. The Morgan fingerprint density at radius 3 is 2.60 bits per heavy atom. The van der Waals surface area contributed by atoms with Gasteiger partial charge in [0.1, 0.15) is 11.5 Å². The van der Waals surface area contributed by atoms with E-state index in [0.717, 1.165) is 5.75 Å². The molecule has 0 atom stereocenters. The number of fused-ring (bicyclic) bond motifs is 1. The number of rotatable bonds is 4. The molecule has 1 aliphatic heterocycles. The van der Waals surface area contributed by atoms with Gasteiger partial charge in [-0.05, 0) is 50.2 Å². The first kappa shape index (κ1) is 16.8. The third kappa shape index (κ3) is 3.74. The number of carbonyl (C=O) groups is 2. The molecule has 25 heavy (non-hydrogen) atoms. The van der Waals surface area contributed by atoms with E-state index in [2.05, 4.69) is 5.32 Å². The minimum Gasteiger partial charge on any atom is -0.491 e. The largest absolute Gasteiger partial charge is 0.491 e. The van der Waals surface area contributed by atoms with Crippen molar-refractivity contribution in [3.05, 3.63) is 48.0 Å². The zero-order valence-corrected chi connectivity index (χ0v) is 14.4. The van der Waals surface area contributed by atoms with Gasteiger partial charge in [-0.1, -0.05) is 0 Å². The molecule has 0 fully saturated rings. The van der Waals surface area contributed by atoms with Gasteiger partial charge in [0.05, 0.1) is 11.8 Å². The predicted molar refractivity (Wildman–Crippen MR) is 95.5 cm³/mol. The molecule has 6 nitrogen and oxygen atoms in total. The maximum Gasteiger partial charge on any atom is 0.264 e. The molecule has 3 rings (SSSR count). The minimum atomic E-state index is -0.226. The summed E-state index contributed by atoms with van der Waals surface area (Å²) in [4.78, 5) is 25.5. The van der Waals surface area contributed by atoms with Crippen LogP contribution in [0.5, 0.6) is 11.5 Å². The summed E-state index contributed by atoms with van der Waals surface area (Å²) in [5.41, 5.74) is 1.82. The van der Waals surface area contributed by atoms with Gasteiger partial charge >= 0.3 is 0 Å². The van der Waals surface area contributed by atoms with E-state index in [1.54, 1.807) is 49.5 Å². The van der Waals surface area contributed by atoms with Crippen LogP contribution in [0.3, 0.4) is 0 Å². The average Bonchev–Trinajstić information content (AvgIpc) is 2.58. The predicted octanol–water partition coefficient (Wildman–Crippen LogP) is 3.08. The molecule has 2 aromatic rings. The molecule has 1 aliphatic rings. The summed E-state index contributed by atoms with van der Waals surface area (Å²) >= 11 is 0. The molecule has 6 heteroatoms. The fraction of sp³-hybridized carbons (Fsp3) is 0.263. The van der Waals surface area contributed by atoms with Gasteiger partial charge in [0.2, 0.25) is 0 Å².